The van der Waals surface area contributed by atoms with Crippen molar-refractivity contribution < 1.29 is 69.6 Å². The molecule has 0 fully saturated rings. The van der Waals surface area contributed by atoms with Crippen LogP contribution in [0.15, 0.2) is 0 Å². The Morgan fingerprint density at radius 3 is 1.80 bits per heavy atom. The first-order valence-electron chi connectivity index (χ1n) is 0.597. The zero-order valence-electron chi connectivity index (χ0n) is 2.69. The van der Waals surface area contributed by atoms with Gasteiger partial charge in [-0.2, -0.15) is 0 Å². The summed E-state index contributed by atoms with van der Waals surface area (Å²) in [6, 6.07) is 0. The Kier molecular flexibility index (Phi) is 11.7. The molecule has 0 aliphatic carbocycles. The fourth-order valence-electron chi connectivity index (χ4n) is 0. The maximum atomic E-state index is 10.1. The van der Waals surface area contributed by atoms with Gasteiger partial charge >= 0.3 is 84.7 Å². The Hall–Kier alpha value is 1.88. The third-order valence-corrected chi connectivity index (χ3v) is 0. The molecule has 0 heterocycles. The summed E-state index contributed by atoms with van der Waals surface area (Å²) in [5.41, 5.74) is 0. The summed E-state index contributed by atoms with van der Waals surface area (Å²) in [6.45, 7) is 0. The van der Waals surface area contributed by atoms with Crippen LogP contribution >= 0.6 is 0 Å². The van der Waals surface area contributed by atoms with E-state index in [1.807, 2.05) is 0 Å². The van der Waals surface area contributed by atoms with Gasteiger partial charge in [-0.1, -0.05) is 0 Å². The van der Waals surface area contributed by atoms with Crippen molar-refractivity contribution in [2.24, 2.45) is 0 Å². The van der Waals surface area contributed by atoms with Crippen LogP contribution in [0.4, 0.5) is 3.50 Å². The Morgan fingerprint density at radius 2 is 1.80 bits per heavy atom. The summed E-state index contributed by atoms with van der Waals surface area (Å²) in [4.78, 5) is 0. The van der Waals surface area contributed by atoms with Gasteiger partial charge in [0, 0.05) is 0 Å². The van der Waals surface area contributed by atoms with E-state index in [9.17, 15) is 3.50 Å². The normalized spacial score (nSPS) is 5.00. The van der Waals surface area contributed by atoms with Gasteiger partial charge < -0.3 is 0 Å². The molecule has 0 aromatic heterocycles. The fourth-order valence-corrected chi connectivity index (χ4v) is 0. The number of hydrogen-bond acceptors (Lipinski definition) is 2. The van der Waals surface area contributed by atoms with Crippen LogP contribution in [-0.4, -0.2) is 15.1 Å². The molecule has 0 aliphatic heterocycles. The minimum absolute atomic E-state index is 0. The molecule has 0 radical (unpaired) electrons. The second-order valence-electron chi connectivity index (χ2n) is 0.238. The summed E-state index contributed by atoms with van der Waals surface area (Å²) in [6.07, 6.45) is 0. The van der Waals surface area contributed by atoms with E-state index in [1.54, 1.807) is 0 Å². The summed E-state index contributed by atoms with van der Waals surface area (Å²) in [5, 5.41) is 0. The Labute approximate surface area is 82.7 Å². The molecule has 24 valence electrons. The van der Waals surface area contributed by atoms with Gasteiger partial charge in [0.05, 0.1) is 0 Å². The average molecular weight is 209 g/mol. The monoisotopic (exact) mass is 210 g/mol. The molecule has 0 amide bonds. The minimum Gasteiger partial charge on any atom is 1.00 e. The SMILES string of the molecule is [O]=[Ge]([O-])[F].[Rb+]. The van der Waals surface area contributed by atoms with Crippen molar-refractivity contribution in [1.82, 2.24) is 0 Å². The van der Waals surface area contributed by atoms with Crippen molar-refractivity contribution in [3.05, 3.63) is 0 Å². The van der Waals surface area contributed by atoms with E-state index < -0.39 is 15.1 Å². The maximum absolute atomic E-state index is 10.1. The summed E-state index contributed by atoms with van der Waals surface area (Å²) < 4.78 is 27.0. The molecular weight excluding hydrogens is 209 g/mol. The number of halogens is 1. The topological polar surface area (TPSA) is 40.1 Å². The quantitative estimate of drug-likeness (QED) is 0.379. The molecular formula is FGeO2Rb. The Bertz CT molecular complexity index is 32.6. The van der Waals surface area contributed by atoms with Crippen LogP contribution in [0, 0.1) is 0 Å². The Balaban J connectivity index is 0. The maximum Gasteiger partial charge on any atom is 1.00 e. The first-order valence-corrected chi connectivity index (χ1v) is 3.10. The standard InChI is InChI=1S/FGeO2.Rb/c1-2(3)4;/q-1;+1. The molecule has 0 N–H and O–H groups in total. The van der Waals surface area contributed by atoms with E-state index in [0.717, 1.165) is 0 Å². The molecule has 0 saturated carbocycles. The number of hydrogen-bond donors (Lipinski definition) is 0. The zero-order valence-corrected chi connectivity index (χ0v) is 9.71. The third-order valence-electron chi connectivity index (χ3n) is 0. The van der Waals surface area contributed by atoms with Crippen molar-refractivity contribution in [2.45, 2.75) is 0 Å². The van der Waals surface area contributed by atoms with Crippen LogP contribution in [0.1, 0.15) is 0 Å². The van der Waals surface area contributed by atoms with Gasteiger partial charge in [-0.3, -0.25) is 0 Å². The van der Waals surface area contributed by atoms with Crippen LogP contribution in [0.25, 0.3) is 0 Å². The van der Waals surface area contributed by atoms with E-state index in [-0.39, 0.29) is 58.2 Å². The van der Waals surface area contributed by atoms with E-state index >= 15 is 0 Å². The van der Waals surface area contributed by atoms with Gasteiger partial charge in [0.1, 0.15) is 0 Å². The van der Waals surface area contributed by atoms with E-state index in [4.69, 9.17) is 7.91 Å². The van der Waals surface area contributed by atoms with Crippen LogP contribution in [0.3, 0.4) is 0 Å². The predicted molar refractivity (Wildman–Crippen MR) is 7.55 cm³/mol. The van der Waals surface area contributed by atoms with Crippen LogP contribution in [0.2, 0.25) is 0 Å². The van der Waals surface area contributed by atoms with Crippen molar-refractivity contribution >= 4 is 15.1 Å². The van der Waals surface area contributed by atoms with Crippen molar-refractivity contribution in [3.8, 4) is 0 Å². The molecule has 0 saturated heterocycles. The van der Waals surface area contributed by atoms with Crippen molar-refractivity contribution in [2.75, 3.05) is 0 Å². The van der Waals surface area contributed by atoms with Crippen LogP contribution in [0.5, 0.6) is 0 Å². The van der Waals surface area contributed by atoms with E-state index in [0.29, 0.717) is 0 Å². The molecule has 2 nitrogen and oxygen atoms in total. The van der Waals surface area contributed by atoms with Gasteiger partial charge in [0.2, 0.25) is 0 Å². The molecule has 0 aromatic carbocycles. The molecule has 0 aliphatic rings. The summed E-state index contributed by atoms with van der Waals surface area (Å²) in [7, 11) is 0. The first-order chi connectivity index (χ1) is 1.73. The van der Waals surface area contributed by atoms with E-state index in [2.05, 4.69) is 0 Å². The average Bonchev–Trinajstić information content (AvgIpc) is 0.811. The number of rotatable bonds is 0. The predicted octanol–water partition coefficient (Wildman–Crippen LogP) is -4.26. The van der Waals surface area contributed by atoms with Gasteiger partial charge in [0.15, 0.2) is 0 Å². The molecule has 0 unspecified atom stereocenters. The second kappa shape index (κ2) is 5.88. The van der Waals surface area contributed by atoms with Crippen molar-refractivity contribution in [3.63, 3.8) is 0 Å². The first kappa shape index (κ1) is 9.99. The fraction of sp³-hybridized carbons (Fsp3) is 0. The van der Waals surface area contributed by atoms with Crippen LogP contribution in [-0.2, 0) is 3.78 Å². The summed E-state index contributed by atoms with van der Waals surface area (Å²) in [5.74, 6) is 0. The molecule has 0 rings (SSSR count). The molecule has 5 heteroatoms. The molecule has 0 bridgehead atoms. The van der Waals surface area contributed by atoms with Gasteiger partial charge in [0.25, 0.3) is 0 Å². The van der Waals surface area contributed by atoms with E-state index in [1.165, 1.54) is 0 Å². The largest absolute Gasteiger partial charge is 1.00 e. The third kappa shape index (κ3) is 25.1. The van der Waals surface area contributed by atoms with Gasteiger partial charge in [-0.05, 0) is 0 Å². The second-order valence-corrected chi connectivity index (χ2v) is 1.23. The zero-order chi connectivity index (χ0) is 3.58. The molecule has 5 heavy (non-hydrogen) atoms. The minimum atomic E-state index is -4.33. The van der Waals surface area contributed by atoms with Crippen molar-refractivity contribution in [1.29, 1.82) is 0 Å². The smallest absolute Gasteiger partial charge is 1.00 e. The summed E-state index contributed by atoms with van der Waals surface area (Å²) >= 11 is -4.33. The molecule has 0 spiro atoms. The Morgan fingerprint density at radius 1 is 1.80 bits per heavy atom. The molecule has 0 aromatic rings. The molecule has 0 atom stereocenters. The van der Waals surface area contributed by atoms with Gasteiger partial charge in [-0.15, -0.1) is 0 Å². The van der Waals surface area contributed by atoms with Crippen LogP contribution < -0.4 is 62.3 Å². The van der Waals surface area contributed by atoms with Gasteiger partial charge in [-0.25, -0.2) is 0 Å².